The first-order valence-electron chi connectivity index (χ1n) is 20.7. The van der Waals surface area contributed by atoms with Gasteiger partial charge in [0.1, 0.15) is 0 Å². The summed E-state index contributed by atoms with van der Waals surface area (Å²) in [5.41, 5.74) is 13.4. The van der Waals surface area contributed by atoms with Gasteiger partial charge in [0.15, 0.2) is 0 Å². The van der Waals surface area contributed by atoms with Gasteiger partial charge in [-0.3, -0.25) is 19.9 Å². The molecule has 342 valence electrons. The minimum absolute atomic E-state index is 0.0569. The van der Waals surface area contributed by atoms with Gasteiger partial charge in [0, 0.05) is 40.0 Å². The number of carboxylic acids is 2. The Labute approximate surface area is 434 Å². The number of hydrogen-bond acceptors (Lipinski definition) is 9. The first-order valence-corrected chi connectivity index (χ1v) is 28.1. The van der Waals surface area contributed by atoms with Crippen LogP contribution in [0.1, 0.15) is 43.6 Å². The Hall–Kier alpha value is -6.73. The fraction of sp³-hybridized carbons (Fsp3) is 0.0545. The topological polar surface area (TPSA) is 148 Å². The van der Waals surface area contributed by atoms with Gasteiger partial charge < -0.3 is 15.6 Å². The summed E-state index contributed by atoms with van der Waals surface area (Å²) < 4.78 is 0. The van der Waals surface area contributed by atoms with E-state index in [-0.39, 0.29) is 16.5 Å². The molecule has 6 heterocycles. The Balaban J connectivity index is 0.000000251. The Kier molecular flexibility index (Phi) is 18.8. The maximum absolute atomic E-state index is 10.8. The fourth-order valence-electron chi connectivity index (χ4n) is 7.52. The molecule has 69 heavy (non-hydrogen) atoms. The van der Waals surface area contributed by atoms with Gasteiger partial charge >= 0.3 is 46.5 Å². The van der Waals surface area contributed by atoms with E-state index in [2.05, 4.69) is 209 Å². The molecule has 0 fully saturated rings. The molecule has 3 aromatic carbocycles. The number of thiophene rings is 2. The van der Waals surface area contributed by atoms with E-state index >= 15 is 0 Å². The fourth-order valence-corrected chi connectivity index (χ4v) is 9.11. The van der Waals surface area contributed by atoms with Crippen molar-refractivity contribution in [2.24, 2.45) is 0 Å². The molecule has 0 spiro atoms. The number of nitrogens with zero attached hydrogens (tertiary/aromatic N) is 5. The van der Waals surface area contributed by atoms with Gasteiger partial charge in [-0.05, 0) is 146 Å². The Morgan fingerprint density at radius 3 is 1.61 bits per heavy atom. The predicted molar refractivity (Wildman–Crippen MR) is 290 cm³/mol. The summed E-state index contributed by atoms with van der Waals surface area (Å²) in [6.07, 6.45) is 12.1. The van der Waals surface area contributed by atoms with Crippen molar-refractivity contribution in [3.05, 3.63) is 220 Å². The maximum atomic E-state index is 10.8. The van der Waals surface area contributed by atoms with E-state index in [0.717, 1.165) is 28.9 Å². The molecule has 10 rings (SSSR count). The summed E-state index contributed by atoms with van der Waals surface area (Å²) in [7, 11) is 0. The van der Waals surface area contributed by atoms with Crippen LogP contribution in [0, 0.1) is 0 Å². The van der Waals surface area contributed by atoms with Crippen LogP contribution in [0.15, 0.2) is 188 Å². The normalized spacial score (nSPS) is 12.9. The van der Waals surface area contributed by atoms with Crippen LogP contribution in [-0.4, -0.2) is 47.2 Å². The molecular weight excluding hydrogens is 1120 g/mol. The second kappa shape index (κ2) is 25.0. The van der Waals surface area contributed by atoms with Gasteiger partial charge in [-0.2, -0.15) is 5.16 Å². The second-order valence-corrected chi connectivity index (χ2v) is 17.3. The molecular formula is C55H40IN5O4RuS3. The van der Waals surface area contributed by atoms with E-state index < -0.39 is 11.9 Å². The first kappa shape index (κ1) is 51.7. The molecule has 2 N–H and O–H groups in total. The summed E-state index contributed by atoms with van der Waals surface area (Å²) in [4.78, 5) is 41.7. The van der Waals surface area contributed by atoms with E-state index in [1.54, 1.807) is 11.3 Å². The Bertz CT molecular complexity index is 3270. The molecule has 9 nitrogen and oxygen atoms in total. The van der Waals surface area contributed by atoms with E-state index in [1.165, 1.54) is 90.2 Å². The molecule has 0 aliphatic heterocycles. The van der Waals surface area contributed by atoms with Gasteiger partial charge in [-0.1, -0.05) is 93.0 Å². The molecule has 1 aliphatic rings. The summed E-state index contributed by atoms with van der Waals surface area (Å²) in [5, 5.41) is 32.9. The molecule has 14 heteroatoms. The van der Waals surface area contributed by atoms with Crippen LogP contribution in [0.25, 0.3) is 77.7 Å². The zero-order chi connectivity index (χ0) is 49.3. The molecule has 1 unspecified atom stereocenters. The number of halogens is 1. The van der Waals surface area contributed by atoms with Crippen molar-refractivity contribution in [2.75, 3.05) is 0 Å². The van der Waals surface area contributed by atoms with Crippen molar-refractivity contribution in [3.63, 3.8) is 0 Å². The summed E-state index contributed by atoms with van der Waals surface area (Å²) in [5.74, 6) is -2.15. The molecule has 6 aromatic heterocycles. The predicted octanol–water partition coefficient (Wildman–Crippen LogP) is 15.0. The van der Waals surface area contributed by atoms with E-state index in [4.69, 9.17) is 25.6 Å². The zero-order valence-electron chi connectivity index (χ0n) is 36.8. The minimum atomic E-state index is -1.08. The second-order valence-electron chi connectivity index (χ2n) is 15.2. The number of carbonyl (C=O) groups is 2. The standard InChI is InChI=1S/C39H28N2S2.C12H8N2O4.C3H4.CNS.HI.Ru/c1-39(38-5-3-19-43-38)15-12-30-21-28(9-11-34(30)25-39)32-14-17-41-36(24-32)35-23-31(13-16-40-35)27-6-7-29-22-33(10-8-26(29)20-27)37-4-2-18-42-37;15-11(16)7-1-3-13-9(5-7)10-6-8(12(17)18)2-4-14-10;1-3-2;2-1-3;;/h2-24H,25H2,1H3;1-6H,(H,15,16)(H,17,18);1-2H2;;1H;/q;;;-1;;+2/p-1. The van der Waals surface area contributed by atoms with Gasteiger partial charge in [-0.25, -0.2) is 9.59 Å². The third-order valence-electron chi connectivity index (χ3n) is 10.8. The monoisotopic (exact) mass is 1160 g/mol. The number of thiocarbonyl (C=S) groups is 1. The van der Waals surface area contributed by atoms with Gasteiger partial charge in [0.25, 0.3) is 0 Å². The van der Waals surface area contributed by atoms with Crippen molar-refractivity contribution in [3.8, 4) is 55.5 Å². The number of aromatic nitrogens is 4. The van der Waals surface area contributed by atoms with Crippen LogP contribution >= 0.6 is 54.6 Å². The van der Waals surface area contributed by atoms with E-state index in [0.29, 0.717) is 11.4 Å². The quantitative estimate of drug-likeness (QED) is 0.0499. The molecule has 0 amide bonds. The van der Waals surface area contributed by atoms with Crippen LogP contribution in [0.2, 0.25) is 0 Å². The number of allylic oxidation sites excluding steroid dienone is 1. The third-order valence-corrected chi connectivity index (χ3v) is 12.9. The van der Waals surface area contributed by atoms with Gasteiger partial charge in [0.05, 0.1) is 33.9 Å². The van der Waals surface area contributed by atoms with E-state index in [9.17, 15) is 9.59 Å². The van der Waals surface area contributed by atoms with Crippen LogP contribution in [-0.2, 0) is 26.6 Å². The summed E-state index contributed by atoms with van der Waals surface area (Å²) in [6.45, 7) is 8.59. The van der Waals surface area contributed by atoms with Crippen molar-refractivity contribution in [1.82, 2.24) is 19.9 Å². The first-order chi connectivity index (χ1) is 33.5. The number of fused-ring (bicyclic) bond motifs is 2. The van der Waals surface area contributed by atoms with Gasteiger partial charge in [0.2, 0.25) is 0 Å². The number of isothiocyanates is 1. The van der Waals surface area contributed by atoms with Crippen LogP contribution in [0.3, 0.4) is 0 Å². The number of rotatable bonds is 8. The molecule has 1 atom stereocenters. The molecule has 0 saturated heterocycles. The third kappa shape index (κ3) is 13.3. The molecule has 0 saturated carbocycles. The summed E-state index contributed by atoms with van der Waals surface area (Å²) in [6, 6.07) is 42.8. The van der Waals surface area contributed by atoms with Crippen LogP contribution in [0.4, 0.5) is 0 Å². The molecule has 1 aliphatic carbocycles. The molecule has 0 bridgehead atoms. The average molecular weight is 1160 g/mol. The van der Waals surface area contributed by atoms with Crippen LogP contribution < -0.4 is 0 Å². The number of hydrogen-bond donors (Lipinski definition) is 2. The van der Waals surface area contributed by atoms with Crippen molar-refractivity contribution < 1.29 is 34.6 Å². The van der Waals surface area contributed by atoms with Crippen molar-refractivity contribution in [1.29, 1.82) is 0 Å². The number of carboxylic acid groups (broad SMARTS) is 2. The Morgan fingerprint density at radius 2 is 1.10 bits per heavy atom. The van der Waals surface area contributed by atoms with Crippen molar-refractivity contribution >= 4 is 88.6 Å². The van der Waals surface area contributed by atoms with Crippen LogP contribution in [0.5, 0.6) is 0 Å². The zero-order valence-corrected chi connectivity index (χ0v) is 43.1. The Morgan fingerprint density at radius 1 is 0.652 bits per heavy atom. The number of pyridine rings is 4. The van der Waals surface area contributed by atoms with Gasteiger partial charge in [-0.15, -0.1) is 28.4 Å². The van der Waals surface area contributed by atoms with Crippen molar-refractivity contribution in [2.45, 2.75) is 18.8 Å². The average Bonchev–Trinajstić information content (AvgIpc) is 4.15. The SMILES string of the molecule is C=C=C.CC1(c2cccs2)C=Cc2cc(-c3ccnc(-c4cc(-c5ccc6cc(-c7cccs7)ccc6c5)ccn4)c3)ccc2C1.O=C(O)c1ccnc(-c2cc(C(=O)O)ccn2)c1.[N-]=C=S.[Ru+][I]. The molecule has 0 radical (unpaired) electrons. The number of benzene rings is 3. The molecule has 9 aromatic rings. The van der Waals surface area contributed by atoms with E-state index in [1.807, 2.05) is 23.7 Å². The summed E-state index contributed by atoms with van der Waals surface area (Å²) >= 11 is 11.7. The number of aromatic carboxylic acids is 2.